The topological polar surface area (TPSA) is 83.6 Å². The van der Waals surface area contributed by atoms with Crippen LogP contribution in [0.1, 0.15) is 17.8 Å². The second-order valence-corrected chi connectivity index (χ2v) is 4.65. The van der Waals surface area contributed by atoms with E-state index in [9.17, 15) is 0 Å². The summed E-state index contributed by atoms with van der Waals surface area (Å²) in [5.74, 6) is 0. The Morgan fingerprint density at radius 1 is 1.00 bits per heavy atom. The lowest BCUT2D eigenvalue weighted by Gasteiger charge is -2.28. The molecule has 2 aromatic rings. The van der Waals surface area contributed by atoms with E-state index in [1.54, 1.807) is 0 Å². The predicted molar refractivity (Wildman–Crippen MR) is 69.6 cm³/mol. The van der Waals surface area contributed by atoms with Crippen LogP contribution in [0.4, 0.5) is 0 Å². The van der Waals surface area contributed by atoms with Crippen molar-refractivity contribution in [1.82, 2.24) is 9.97 Å². The summed E-state index contributed by atoms with van der Waals surface area (Å²) in [4.78, 5) is 6.40. The van der Waals surface area contributed by atoms with Crippen LogP contribution in [-0.2, 0) is 12.8 Å². The minimum Gasteiger partial charge on any atom is -0.365 e. The van der Waals surface area contributed by atoms with Crippen LogP contribution >= 0.6 is 0 Å². The van der Waals surface area contributed by atoms with E-state index in [0.717, 1.165) is 30.7 Å². The molecule has 0 aromatic carbocycles. The quantitative estimate of drug-likeness (QED) is 0.603. The molecule has 0 spiro atoms. The number of rotatable bonds is 6. The first-order chi connectivity index (χ1) is 8.22. The van der Waals surface area contributed by atoms with Gasteiger partial charge in [0.1, 0.15) is 0 Å². The van der Waals surface area contributed by atoms with Crippen LogP contribution in [0.5, 0.6) is 0 Å². The minimum absolute atomic E-state index is 0.287. The molecule has 0 aliphatic heterocycles. The minimum atomic E-state index is -0.287. The van der Waals surface area contributed by atoms with Gasteiger partial charge in [0.15, 0.2) is 0 Å². The van der Waals surface area contributed by atoms with E-state index in [-0.39, 0.29) is 5.54 Å². The summed E-state index contributed by atoms with van der Waals surface area (Å²) in [5.41, 5.74) is 14.2. The van der Waals surface area contributed by atoms with Crippen molar-refractivity contribution in [2.24, 2.45) is 11.5 Å². The molecule has 0 radical (unpaired) electrons. The van der Waals surface area contributed by atoms with Crippen LogP contribution in [-0.4, -0.2) is 22.1 Å². The number of H-pyrrole nitrogens is 2. The molecule has 0 saturated heterocycles. The average Bonchev–Trinajstić information content (AvgIpc) is 2.91. The van der Waals surface area contributed by atoms with Gasteiger partial charge in [0.2, 0.25) is 0 Å². The van der Waals surface area contributed by atoms with Gasteiger partial charge in [0.25, 0.3) is 0 Å². The molecule has 0 bridgehead atoms. The standard InChI is InChI=1S/C13H20N4/c14-6-5-13(15,9-11-3-1-7-16-11)10-12-4-2-8-17-12/h1-4,7-8,16-17H,5-6,9-10,14-15H2. The van der Waals surface area contributed by atoms with Crippen molar-refractivity contribution in [2.75, 3.05) is 6.54 Å². The molecule has 92 valence electrons. The van der Waals surface area contributed by atoms with Gasteiger partial charge in [-0.1, -0.05) is 0 Å². The highest BCUT2D eigenvalue weighted by Gasteiger charge is 2.25. The Morgan fingerprint density at radius 2 is 1.53 bits per heavy atom. The predicted octanol–water partition coefficient (Wildman–Crippen LogP) is 1.17. The maximum absolute atomic E-state index is 6.47. The summed E-state index contributed by atoms with van der Waals surface area (Å²) in [5, 5.41) is 0. The first-order valence-electron chi connectivity index (χ1n) is 5.95. The van der Waals surface area contributed by atoms with Crippen LogP contribution in [0, 0.1) is 0 Å². The van der Waals surface area contributed by atoms with Gasteiger partial charge in [0, 0.05) is 42.2 Å². The fourth-order valence-corrected chi connectivity index (χ4v) is 2.24. The Morgan fingerprint density at radius 3 is 1.88 bits per heavy atom. The fourth-order valence-electron chi connectivity index (χ4n) is 2.24. The van der Waals surface area contributed by atoms with Gasteiger partial charge in [-0.05, 0) is 37.2 Å². The lowest BCUT2D eigenvalue weighted by atomic mass is 9.86. The fraction of sp³-hybridized carbons (Fsp3) is 0.385. The molecule has 0 aliphatic rings. The molecule has 0 atom stereocenters. The molecule has 4 heteroatoms. The zero-order chi connectivity index (χ0) is 12.1. The van der Waals surface area contributed by atoms with Gasteiger partial charge >= 0.3 is 0 Å². The van der Waals surface area contributed by atoms with Crippen LogP contribution < -0.4 is 11.5 Å². The van der Waals surface area contributed by atoms with Crippen molar-refractivity contribution in [3.8, 4) is 0 Å². The number of hydrogen-bond acceptors (Lipinski definition) is 2. The van der Waals surface area contributed by atoms with E-state index in [1.807, 2.05) is 24.5 Å². The largest absolute Gasteiger partial charge is 0.365 e. The number of nitrogens with one attached hydrogen (secondary N) is 2. The number of aromatic nitrogens is 2. The van der Waals surface area contributed by atoms with Gasteiger partial charge in [0.05, 0.1) is 0 Å². The van der Waals surface area contributed by atoms with E-state index < -0.39 is 0 Å². The molecular weight excluding hydrogens is 212 g/mol. The third-order valence-electron chi connectivity index (χ3n) is 3.05. The van der Waals surface area contributed by atoms with Crippen LogP contribution in [0.2, 0.25) is 0 Å². The summed E-state index contributed by atoms with van der Waals surface area (Å²) in [6.07, 6.45) is 6.29. The van der Waals surface area contributed by atoms with Gasteiger partial charge < -0.3 is 21.4 Å². The summed E-state index contributed by atoms with van der Waals surface area (Å²) in [7, 11) is 0. The second kappa shape index (κ2) is 5.21. The Labute approximate surface area is 101 Å². The number of aromatic amines is 2. The molecular formula is C13H20N4. The number of nitrogens with two attached hydrogens (primary N) is 2. The van der Waals surface area contributed by atoms with Crippen molar-refractivity contribution in [3.05, 3.63) is 48.0 Å². The zero-order valence-electron chi connectivity index (χ0n) is 9.95. The number of hydrogen-bond donors (Lipinski definition) is 4. The molecule has 2 rings (SSSR count). The SMILES string of the molecule is NCCC(N)(Cc1ccc[nH]1)Cc1ccc[nH]1. The Balaban J connectivity index is 2.08. The Hall–Kier alpha value is -1.52. The monoisotopic (exact) mass is 232 g/mol. The average molecular weight is 232 g/mol. The van der Waals surface area contributed by atoms with Crippen molar-refractivity contribution in [1.29, 1.82) is 0 Å². The summed E-state index contributed by atoms with van der Waals surface area (Å²) >= 11 is 0. The van der Waals surface area contributed by atoms with Crippen LogP contribution in [0.3, 0.4) is 0 Å². The third kappa shape index (κ3) is 3.22. The Bertz CT molecular complexity index is 380. The Kier molecular flexibility index (Phi) is 3.66. The van der Waals surface area contributed by atoms with Gasteiger partial charge in [-0.2, -0.15) is 0 Å². The summed E-state index contributed by atoms with van der Waals surface area (Å²) in [6.45, 7) is 0.609. The molecule has 4 nitrogen and oxygen atoms in total. The molecule has 2 aromatic heterocycles. The highest BCUT2D eigenvalue weighted by Crippen LogP contribution is 2.18. The van der Waals surface area contributed by atoms with Crippen molar-refractivity contribution in [2.45, 2.75) is 24.8 Å². The van der Waals surface area contributed by atoms with E-state index in [4.69, 9.17) is 11.5 Å². The lowest BCUT2D eigenvalue weighted by molar-refractivity contribution is 0.387. The first kappa shape index (κ1) is 12.0. The van der Waals surface area contributed by atoms with Crippen molar-refractivity contribution in [3.63, 3.8) is 0 Å². The van der Waals surface area contributed by atoms with E-state index in [2.05, 4.69) is 22.1 Å². The lowest BCUT2D eigenvalue weighted by Crippen LogP contribution is -2.46. The maximum Gasteiger partial charge on any atom is 0.0276 e. The molecule has 0 unspecified atom stereocenters. The normalized spacial score (nSPS) is 11.9. The highest BCUT2D eigenvalue weighted by atomic mass is 14.8. The van der Waals surface area contributed by atoms with E-state index in [1.165, 1.54) is 0 Å². The molecule has 0 saturated carbocycles. The smallest absolute Gasteiger partial charge is 0.0276 e. The molecule has 0 fully saturated rings. The molecule has 6 N–H and O–H groups in total. The second-order valence-electron chi connectivity index (χ2n) is 4.65. The van der Waals surface area contributed by atoms with Gasteiger partial charge in [-0.25, -0.2) is 0 Å². The van der Waals surface area contributed by atoms with Crippen molar-refractivity contribution < 1.29 is 0 Å². The van der Waals surface area contributed by atoms with E-state index in [0.29, 0.717) is 6.54 Å². The van der Waals surface area contributed by atoms with Gasteiger partial charge in [-0.15, -0.1) is 0 Å². The maximum atomic E-state index is 6.47. The van der Waals surface area contributed by atoms with Crippen LogP contribution in [0.15, 0.2) is 36.7 Å². The van der Waals surface area contributed by atoms with Crippen LogP contribution in [0.25, 0.3) is 0 Å². The van der Waals surface area contributed by atoms with E-state index >= 15 is 0 Å². The molecule has 0 aliphatic carbocycles. The van der Waals surface area contributed by atoms with Crippen molar-refractivity contribution >= 4 is 0 Å². The van der Waals surface area contributed by atoms with Gasteiger partial charge in [-0.3, -0.25) is 0 Å². The third-order valence-corrected chi connectivity index (χ3v) is 3.05. The zero-order valence-corrected chi connectivity index (χ0v) is 9.95. The highest BCUT2D eigenvalue weighted by molar-refractivity contribution is 5.14. The summed E-state index contributed by atoms with van der Waals surface area (Å²) in [6, 6.07) is 8.11. The first-order valence-corrected chi connectivity index (χ1v) is 5.95. The summed E-state index contributed by atoms with van der Waals surface area (Å²) < 4.78 is 0. The molecule has 2 heterocycles. The molecule has 0 amide bonds. The molecule has 17 heavy (non-hydrogen) atoms.